The standard InChI is InChI=1S/C12H16FN3O4S/c1-8-7-15(9(2)6-14-8)21(19,20)12-10(13)4-3-5-11(12)16(17)18/h3-5,8-9,14H,6-7H2,1-2H3. The number of hydrogen-bond acceptors (Lipinski definition) is 5. The lowest BCUT2D eigenvalue weighted by molar-refractivity contribution is -0.388. The van der Waals surface area contributed by atoms with Crippen molar-refractivity contribution in [3.8, 4) is 0 Å². The van der Waals surface area contributed by atoms with Crippen LogP contribution in [-0.4, -0.2) is 42.8 Å². The number of nitro benzene ring substituents is 1. The lowest BCUT2D eigenvalue weighted by Crippen LogP contribution is -2.56. The summed E-state index contributed by atoms with van der Waals surface area (Å²) in [4.78, 5) is 9.25. The van der Waals surface area contributed by atoms with Crippen LogP contribution in [0.15, 0.2) is 23.1 Å². The molecule has 0 aromatic heterocycles. The summed E-state index contributed by atoms with van der Waals surface area (Å²) in [6.45, 7) is 4.00. The van der Waals surface area contributed by atoms with Crippen molar-refractivity contribution in [1.29, 1.82) is 0 Å². The Morgan fingerprint density at radius 1 is 1.43 bits per heavy atom. The van der Waals surface area contributed by atoms with Gasteiger partial charge in [0.2, 0.25) is 0 Å². The molecule has 1 N–H and O–H groups in total. The van der Waals surface area contributed by atoms with Gasteiger partial charge in [0.25, 0.3) is 15.7 Å². The van der Waals surface area contributed by atoms with E-state index in [1.54, 1.807) is 13.8 Å². The molecule has 2 unspecified atom stereocenters. The van der Waals surface area contributed by atoms with E-state index in [4.69, 9.17) is 0 Å². The van der Waals surface area contributed by atoms with Crippen LogP contribution >= 0.6 is 0 Å². The number of piperazine rings is 1. The van der Waals surface area contributed by atoms with Crippen LogP contribution in [0.4, 0.5) is 10.1 Å². The van der Waals surface area contributed by atoms with Crippen LogP contribution in [0.25, 0.3) is 0 Å². The van der Waals surface area contributed by atoms with Crippen molar-refractivity contribution in [2.24, 2.45) is 0 Å². The Balaban J connectivity index is 2.56. The van der Waals surface area contributed by atoms with Gasteiger partial charge in [-0.3, -0.25) is 10.1 Å². The molecule has 0 spiro atoms. The molecule has 0 amide bonds. The Morgan fingerprint density at radius 2 is 2.10 bits per heavy atom. The lowest BCUT2D eigenvalue weighted by atomic mass is 10.2. The summed E-state index contributed by atoms with van der Waals surface area (Å²) >= 11 is 0. The molecule has 0 saturated carbocycles. The maximum absolute atomic E-state index is 14.0. The first kappa shape index (κ1) is 15.8. The van der Waals surface area contributed by atoms with E-state index in [1.165, 1.54) is 0 Å². The molecule has 1 saturated heterocycles. The molecule has 1 aliphatic heterocycles. The molecule has 1 aliphatic rings. The number of nitrogens with zero attached hydrogens (tertiary/aromatic N) is 2. The zero-order chi connectivity index (χ0) is 15.8. The lowest BCUT2D eigenvalue weighted by Gasteiger charge is -2.36. The maximum atomic E-state index is 14.0. The fourth-order valence-corrected chi connectivity index (χ4v) is 4.26. The molecule has 2 atom stereocenters. The average Bonchev–Trinajstić information content (AvgIpc) is 2.40. The van der Waals surface area contributed by atoms with E-state index in [9.17, 15) is 22.9 Å². The van der Waals surface area contributed by atoms with Gasteiger partial charge in [0, 0.05) is 31.2 Å². The van der Waals surface area contributed by atoms with Crippen LogP contribution in [0.2, 0.25) is 0 Å². The highest BCUT2D eigenvalue weighted by Crippen LogP contribution is 2.30. The van der Waals surface area contributed by atoms with Gasteiger partial charge in [0.1, 0.15) is 5.82 Å². The third-order valence-electron chi connectivity index (χ3n) is 3.42. The number of benzene rings is 1. The van der Waals surface area contributed by atoms with Crippen molar-refractivity contribution < 1.29 is 17.7 Å². The summed E-state index contributed by atoms with van der Waals surface area (Å²) in [7, 11) is -4.27. The van der Waals surface area contributed by atoms with Crippen LogP contribution in [-0.2, 0) is 10.0 Å². The second kappa shape index (κ2) is 5.66. The number of sulfonamides is 1. The highest BCUT2D eigenvalue weighted by atomic mass is 32.2. The third-order valence-corrected chi connectivity index (χ3v) is 5.46. The van der Waals surface area contributed by atoms with Crippen molar-refractivity contribution in [2.45, 2.75) is 30.8 Å². The molecule has 7 nitrogen and oxygen atoms in total. The van der Waals surface area contributed by atoms with Crippen molar-refractivity contribution in [3.05, 3.63) is 34.1 Å². The number of nitrogens with one attached hydrogen (secondary N) is 1. The fraction of sp³-hybridized carbons (Fsp3) is 0.500. The molecule has 116 valence electrons. The zero-order valence-corrected chi connectivity index (χ0v) is 12.4. The van der Waals surface area contributed by atoms with Crippen LogP contribution < -0.4 is 5.32 Å². The molecule has 0 aliphatic carbocycles. The van der Waals surface area contributed by atoms with Gasteiger partial charge < -0.3 is 5.32 Å². The first-order valence-corrected chi connectivity index (χ1v) is 7.87. The second-order valence-electron chi connectivity index (χ2n) is 5.08. The largest absolute Gasteiger partial charge is 0.311 e. The summed E-state index contributed by atoms with van der Waals surface area (Å²) in [6, 6.07) is 2.51. The van der Waals surface area contributed by atoms with Gasteiger partial charge in [0.05, 0.1) is 4.92 Å². The Kier molecular flexibility index (Phi) is 4.26. The van der Waals surface area contributed by atoms with Gasteiger partial charge in [-0.05, 0) is 19.9 Å². The topological polar surface area (TPSA) is 92.5 Å². The van der Waals surface area contributed by atoms with E-state index in [2.05, 4.69) is 5.32 Å². The summed E-state index contributed by atoms with van der Waals surface area (Å²) in [5.41, 5.74) is -0.742. The number of rotatable bonds is 3. The van der Waals surface area contributed by atoms with Gasteiger partial charge in [-0.25, -0.2) is 12.8 Å². The molecule has 1 fully saturated rings. The molecule has 0 radical (unpaired) electrons. The van der Waals surface area contributed by atoms with E-state index in [1.807, 2.05) is 0 Å². The normalized spacial score (nSPS) is 24.0. The molecule has 21 heavy (non-hydrogen) atoms. The molecule has 1 aromatic rings. The van der Waals surface area contributed by atoms with E-state index < -0.39 is 37.4 Å². The summed E-state index contributed by atoms with van der Waals surface area (Å²) < 4.78 is 40.4. The smallest absolute Gasteiger partial charge is 0.292 e. The minimum atomic E-state index is -4.27. The predicted octanol–water partition coefficient (Wildman–Crippen LogP) is 1.10. The van der Waals surface area contributed by atoms with Gasteiger partial charge in [0.15, 0.2) is 4.90 Å². The first-order chi connectivity index (χ1) is 9.75. The van der Waals surface area contributed by atoms with Crippen molar-refractivity contribution in [3.63, 3.8) is 0 Å². The molecule has 1 aromatic carbocycles. The van der Waals surface area contributed by atoms with Crippen molar-refractivity contribution in [1.82, 2.24) is 9.62 Å². The van der Waals surface area contributed by atoms with E-state index in [-0.39, 0.29) is 12.6 Å². The molecule has 0 bridgehead atoms. The minimum Gasteiger partial charge on any atom is -0.311 e. The fourth-order valence-electron chi connectivity index (χ4n) is 2.34. The van der Waals surface area contributed by atoms with Crippen LogP contribution in [0, 0.1) is 15.9 Å². The summed E-state index contributed by atoms with van der Waals surface area (Å²) in [5.74, 6) is -1.11. The van der Waals surface area contributed by atoms with Crippen LogP contribution in [0.3, 0.4) is 0 Å². The molecule has 2 rings (SSSR count). The molecule has 9 heteroatoms. The van der Waals surface area contributed by atoms with Crippen LogP contribution in [0.1, 0.15) is 13.8 Å². The second-order valence-corrected chi connectivity index (χ2v) is 6.91. The van der Waals surface area contributed by atoms with Gasteiger partial charge >= 0.3 is 0 Å². The third kappa shape index (κ3) is 2.89. The molecule has 1 heterocycles. The van der Waals surface area contributed by atoms with Gasteiger partial charge in [-0.1, -0.05) is 6.07 Å². The maximum Gasteiger partial charge on any atom is 0.292 e. The zero-order valence-electron chi connectivity index (χ0n) is 11.6. The number of nitro groups is 1. The first-order valence-electron chi connectivity index (χ1n) is 6.43. The van der Waals surface area contributed by atoms with Gasteiger partial charge in [-0.15, -0.1) is 0 Å². The Hall–Kier alpha value is -1.58. The SMILES string of the molecule is CC1CN(S(=O)(=O)c2c(F)cccc2[N+](=O)[O-])C(C)CN1. The highest BCUT2D eigenvalue weighted by Gasteiger charge is 2.39. The van der Waals surface area contributed by atoms with Gasteiger partial charge in [-0.2, -0.15) is 4.31 Å². The van der Waals surface area contributed by atoms with E-state index in [0.717, 1.165) is 22.5 Å². The Morgan fingerprint density at radius 3 is 2.71 bits per heavy atom. The summed E-state index contributed by atoms with van der Waals surface area (Å²) in [5, 5.41) is 14.1. The van der Waals surface area contributed by atoms with Crippen molar-refractivity contribution >= 4 is 15.7 Å². The highest BCUT2D eigenvalue weighted by molar-refractivity contribution is 7.89. The van der Waals surface area contributed by atoms with Crippen LogP contribution in [0.5, 0.6) is 0 Å². The molecular formula is C12H16FN3O4S. The van der Waals surface area contributed by atoms with Crippen molar-refractivity contribution in [2.75, 3.05) is 13.1 Å². The average molecular weight is 317 g/mol. The quantitative estimate of drug-likeness (QED) is 0.666. The Bertz CT molecular complexity index is 664. The minimum absolute atomic E-state index is 0.109. The monoisotopic (exact) mass is 317 g/mol. The number of hydrogen-bond donors (Lipinski definition) is 1. The Labute approximate surface area is 122 Å². The molecular weight excluding hydrogens is 301 g/mol. The summed E-state index contributed by atoms with van der Waals surface area (Å²) in [6.07, 6.45) is 0. The number of halogens is 1. The van der Waals surface area contributed by atoms with E-state index in [0.29, 0.717) is 6.54 Å². The predicted molar refractivity (Wildman–Crippen MR) is 73.9 cm³/mol. The van der Waals surface area contributed by atoms with E-state index >= 15 is 0 Å².